The Labute approximate surface area is 185 Å². The van der Waals surface area contributed by atoms with Gasteiger partial charge in [0.05, 0.1) is 6.04 Å². The average molecular weight is 431 g/mol. The van der Waals surface area contributed by atoms with E-state index in [2.05, 4.69) is 4.57 Å². The molecule has 1 heterocycles. The fourth-order valence-electron chi connectivity index (χ4n) is 4.11. The van der Waals surface area contributed by atoms with E-state index in [1.54, 1.807) is 24.3 Å². The molecule has 0 aliphatic rings. The first kappa shape index (κ1) is 21.5. The van der Waals surface area contributed by atoms with Crippen molar-refractivity contribution >= 4 is 22.4 Å². The van der Waals surface area contributed by atoms with Gasteiger partial charge in [0.2, 0.25) is 0 Å². The number of hydrogen-bond acceptors (Lipinski definition) is 1. The van der Waals surface area contributed by atoms with E-state index >= 15 is 0 Å². The molecule has 0 saturated carbocycles. The minimum absolute atomic E-state index is 0.274. The van der Waals surface area contributed by atoms with Gasteiger partial charge in [-0.15, -0.1) is 0 Å². The molecule has 4 rings (SSSR count). The van der Waals surface area contributed by atoms with Crippen LogP contribution in [0.4, 0.5) is 8.78 Å². The summed E-state index contributed by atoms with van der Waals surface area (Å²) in [7, 11) is 0. The van der Waals surface area contributed by atoms with Crippen molar-refractivity contribution in [2.24, 2.45) is 0 Å². The Morgan fingerprint density at radius 3 is 2.06 bits per heavy atom. The van der Waals surface area contributed by atoms with Gasteiger partial charge in [0.25, 0.3) is 0 Å². The minimum atomic E-state index is -0.959. The first-order valence-corrected chi connectivity index (χ1v) is 10.5. The van der Waals surface area contributed by atoms with Crippen molar-refractivity contribution in [3.05, 3.63) is 113 Å². The molecular weight excluding hydrogens is 408 g/mol. The molecule has 0 unspecified atom stereocenters. The van der Waals surface area contributed by atoms with Crippen LogP contribution >= 0.6 is 0 Å². The summed E-state index contributed by atoms with van der Waals surface area (Å²) < 4.78 is 29.2. The van der Waals surface area contributed by atoms with E-state index in [1.807, 2.05) is 37.4 Å². The first-order valence-electron chi connectivity index (χ1n) is 10.5. The van der Waals surface area contributed by atoms with Gasteiger partial charge in [-0.25, -0.2) is 13.6 Å². The maximum Gasteiger partial charge on any atom is 0.328 e. The van der Waals surface area contributed by atoms with Gasteiger partial charge in [-0.2, -0.15) is 0 Å². The van der Waals surface area contributed by atoms with E-state index in [-0.39, 0.29) is 17.7 Å². The molecule has 5 heteroatoms. The van der Waals surface area contributed by atoms with Crippen molar-refractivity contribution in [1.29, 1.82) is 0 Å². The number of carboxylic acid groups (broad SMARTS) is 1. The Hall–Kier alpha value is -3.73. The largest absolute Gasteiger partial charge is 0.478 e. The Kier molecular flexibility index (Phi) is 6.17. The molecule has 0 amide bonds. The lowest BCUT2D eigenvalue weighted by Crippen LogP contribution is -2.11. The zero-order chi connectivity index (χ0) is 22.7. The van der Waals surface area contributed by atoms with Crippen LogP contribution in [0.3, 0.4) is 0 Å². The van der Waals surface area contributed by atoms with Gasteiger partial charge in [-0.3, -0.25) is 0 Å². The summed E-state index contributed by atoms with van der Waals surface area (Å²) in [6.07, 6.45) is 4.73. The number of benzene rings is 3. The Morgan fingerprint density at radius 1 is 0.938 bits per heavy atom. The van der Waals surface area contributed by atoms with Crippen LogP contribution in [0.25, 0.3) is 16.5 Å². The molecular formula is C27H23F2NO2. The van der Waals surface area contributed by atoms with Crippen LogP contribution in [0.15, 0.2) is 85.1 Å². The fraction of sp³-hybridized carbons (Fsp3) is 0.148. The highest BCUT2D eigenvalue weighted by atomic mass is 19.1. The van der Waals surface area contributed by atoms with E-state index in [0.29, 0.717) is 6.42 Å². The molecule has 0 fully saturated rings. The number of carboxylic acids is 1. The van der Waals surface area contributed by atoms with Crippen LogP contribution in [-0.4, -0.2) is 15.6 Å². The third-order valence-corrected chi connectivity index (χ3v) is 5.56. The smallest absolute Gasteiger partial charge is 0.328 e. The van der Waals surface area contributed by atoms with Crippen LogP contribution in [0.2, 0.25) is 0 Å². The maximum absolute atomic E-state index is 13.6. The lowest BCUT2D eigenvalue weighted by atomic mass is 9.97. The van der Waals surface area contributed by atoms with Crippen LogP contribution < -0.4 is 0 Å². The number of aliphatic carboxylic acids is 1. The monoisotopic (exact) mass is 431 g/mol. The van der Waals surface area contributed by atoms with E-state index < -0.39 is 5.97 Å². The summed E-state index contributed by atoms with van der Waals surface area (Å²) in [5.41, 5.74) is 4.34. The minimum Gasteiger partial charge on any atom is -0.478 e. The fourth-order valence-corrected chi connectivity index (χ4v) is 4.11. The molecule has 0 aliphatic heterocycles. The third-order valence-electron chi connectivity index (χ3n) is 5.56. The predicted octanol–water partition coefficient (Wildman–Crippen LogP) is 6.83. The summed E-state index contributed by atoms with van der Waals surface area (Å²) >= 11 is 0. The maximum atomic E-state index is 13.6. The predicted molar refractivity (Wildman–Crippen MR) is 122 cm³/mol. The number of fused-ring (bicyclic) bond motifs is 1. The van der Waals surface area contributed by atoms with Crippen molar-refractivity contribution in [2.45, 2.75) is 25.8 Å². The second-order valence-corrected chi connectivity index (χ2v) is 7.76. The molecule has 0 bridgehead atoms. The van der Waals surface area contributed by atoms with Crippen LogP contribution in [0.5, 0.6) is 0 Å². The molecule has 1 aromatic heterocycles. The van der Waals surface area contributed by atoms with Gasteiger partial charge < -0.3 is 9.67 Å². The molecule has 32 heavy (non-hydrogen) atoms. The second-order valence-electron chi connectivity index (χ2n) is 7.76. The SMILES string of the molecule is CCCC(=CC(=O)O)c1ccc2c(ccn2C(c2ccc(F)cc2)c2ccc(F)cc2)c1. The van der Waals surface area contributed by atoms with E-state index in [9.17, 15) is 18.7 Å². The van der Waals surface area contributed by atoms with Crippen molar-refractivity contribution < 1.29 is 18.7 Å². The summed E-state index contributed by atoms with van der Waals surface area (Å²) in [5, 5.41) is 10.2. The average Bonchev–Trinajstić information content (AvgIpc) is 3.19. The van der Waals surface area contributed by atoms with E-state index in [1.165, 1.54) is 30.3 Å². The summed E-state index contributed by atoms with van der Waals surface area (Å²) in [5.74, 6) is -1.59. The zero-order valence-electron chi connectivity index (χ0n) is 17.6. The van der Waals surface area contributed by atoms with Crippen molar-refractivity contribution in [1.82, 2.24) is 4.57 Å². The lowest BCUT2D eigenvalue weighted by Gasteiger charge is -2.22. The highest BCUT2D eigenvalue weighted by Crippen LogP contribution is 2.33. The quantitative estimate of drug-likeness (QED) is 0.326. The molecule has 0 radical (unpaired) electrons. The second kappa shape index (κ2) is 9.18. The number of aromatic nitrogens is 1. The third kappa shape index (κ3) is 4.47. The Morgan fingerprint density at radius 2 is 1.53 bits per heavy atom. The standard InChI is InChI=1S/C27H23F2NO2/c1-2-3-20(17-26(31)32)21-8-13-25-22(16-21)14-15-30(25)27(18-4-9-23(28)10-5-18)19-6-11-24(29)12-7-19/h4-17,27H,2-3H2,1H3,(H,31,32). The number of rotatable bonds is 7. The molecule has 0 atom stereocenters. The lowest BCUT2D eigenvalue weighted by molar-refractivity contribution is -0.131. The topological polar surface area (TPSA) is 42.2 Å². The van der Waals surface area contributed by atoms with Gasteiger partial charge in [0.1, 0.15) is 11.6 Å². The van der Waals surface area contributed by atoms with Gasteiger partial charge in [0.15, 0.2) is 0 Å². The summed E-state index contributed by atoms with van der Waals surface area (Å²) in [6, 6.07) is 20.2. The number of nitrogens with zero attached hydrogens (tertiary/aromatic N) is 1. The number of allylic oxidation sites excluding steroid dienone is 1. The van der Waals surface area contributed by atoms with Crippen LogP contribution in [-0.2, 0) is 4.79 Å². The van der Waals surface area contributed by atoms with Gasteiger partial charge in [-0.1, -0.05) is 43.7 Å². The van der Waals surface area contributed by atoms with Gasteiger partial charge in [-0.05, 0) is 71.1 Å². The number of carbonyl (C=O) groups is 1. The summed E-state index contributed by atoms with van der Waals surface area (Å²) in [6.45, 7) is 2.01. The van der Waals surface area contributed by atoms with Crippen molar-refractivity contribution in [3.8, 4) is 0 Å². The summed E-state index contributed by atoms with van der Waals surface area (Å²) in [4.78, 5) is 11.2. The molecule has 1 N–H and O–H groups in total. The number of hydrogen-bond donors (Lipinski definition) is 1. The van der Waals surface area contributed by atoms with Crippen LogP contribution in [0.1, 0.15) is 42.5 Å². The molecule has 0 saturated heterocycles. The van der Waals surface area contributed by atoms with Crippen LogP contribution in [0, 0.1) is 11.6 Å². The van der Waals surface area contributed by atoms with Crippen molar-refractivity contribution in [2.75, 3.05) is 0 Å². The first-order chi connectivity index (χ1) is 15.5. The molecule has 3 aromatic carbocycles. The van der Waals surface area contributed by atoms with Gasteiger partial charge >= 0.3 is 5.97 Å². The molecule has 162 valence electrons. The normalized spacial score (nSPS) is 11.9. The highest BCUT2D eigenvalue weighted by molar-refractivity contribution is 5.92. The molecule has 0 aliphatic carbocycles. The highest BCUT2D eigenvalue weighted by Gasteiger charge is 2.19. The molecule has 3 nitrogen and oxygen atoms in total. The van der Waals surface area contributed by atoms with E-state index in [0.717, 1.165) is 39.6 Å². The van der Waals surface area contributed by atoms with Crippen molar-refractivity contribution in [3.63, 3.8) is 0 Å². The Bertz CT molecular complexity index is 1230. The molecule has 4 aromatic rings. The Balaban J connectivity index is 1.83. The van der Waals surface area contributed by atoms with E-state index in [4.69, 9.17) is 0 Å². The number of halogens is 2. The molecule has 0 spiro atoms. The zero-order valence-corrected chi connectivity index (χ0v) is 17.6. The van der Waals surface area contributed by atoms with Gasteiger partial charge in [0, 0.05) is 23.2 Å².